The number of carbonyl (C=O) groups excluding carboxylic acids is 2. The number of likely N-dealkylation sites (N-methyl/N-ethyl adjacent to an activating group) is 1. The second kappa shape index (κ2) is 9.72. The minimum Gasteiger partial charge on any atom is -0.491 e. The lowest BCUT2D eigenvalue weighted by atomic mass is 9.74. The third kappa shape index (κ3) is 4.79. The van der Waals surface area contributed by atoms with E-state index in [9.17, 15) is 9.59 Å². The highest BCUT2D eigenvalue weighted by Gasteiger charge is 2.44. The average molecular weight is 436 g/mol. The molecule has 2 aliphatic heterocycles. The largest absolute Gasteiger partial charge is 0.491 e. The molecule has 2 aromatic rings. The van der Waals surface area contributed by atoms with E-state index in [2.05, 4.69) is 17.1 Å². The molecule has 2 aliphatic rings. The number of ether oxygens (including phenoxy) is 1. The average Bonchev–Trinajstić information content (AvgIpc) is 2.81. The van der Waals surface area contributed by atoms with Crippen LogP contribution in [0.2, 0.25) is 0 Å². The van der Waals surface area contributed by atoms with Gasteiger partial charge < -0.3 is 14.5 Å². The van der Waals surface area contributed by atoms with E-state index in [1.807, 2.05) is 43.1 Å². The molecular weight excluding hydrogens is 402 g/mol. The number of aryl methyl sites for hydroxylation is 2. The highest BCUT2D eigenvalue weighted by atomic mass is 16.5. The molecule has 1 atom stereocenters. The molecule has 1 saturated heterocycles. The normalized spacial score (nSPS) is 22.5. The molecule has 170 valence electrons. The maximum absolute atomic E-state index is 13.7. The standard InChI is InChI=1S/C26H33N3O3/c1-20-11-12-22(18-27-20)24(30)29-15-7-14-26(19-29)13-6-5-9-21-8-3-4-10-23(21)32-17-16-28(2)25(26)31/h3-4,8,10-12,18H,5-7,9,13-17,19H2,1-2H3. The minimum atomic E-state index is -0.528. The summed E-state index contributed by atoms with van der Waals surface area (Å²) in [4.78, 5) is 34.8. The van der Waals surface area contributed by atoms with E-state index >= 15 is 0 Å². The van der Waals surface area contributed by atoms with Crippen LogP contribution in [-0.4, -0.2) is 59.9 Å². The molecule has 0 bridgehead atoms. The van der Waals surface area contributed by atoms with Crippen molar-refractivity contribution in [3.63, 3.8) is 0 Å². The van der Waals surface area contributed by atoms with Gasteiger partial charge >= 0.3 is 0 Å². The fourth-order valence-electron chi connectivity index (χ4n) is 5.00. The molecule has 1 fully saturated rings. The Labute approximate surface area is 190 Å². The van der Waals surface area contributed by atoms with E-state index in [-0.39, 0.29) is 11.8 Å². The number of benzene rings is 1. The summed E-state index contributed by atoms with van der Waals surface area (Å²) < 4.78 is 6.02. The van der Waals surface area contributed by atoms with Gasteiger partial charge in [-0.05, 0) is 62.8 Å². The predicted octanol–water partition coefficient (Wildman–Crippen LogP) is 3.88. The Morgan fingerprint density at radius 1 is 1.06 bits per heavy atom. The van der Waals surface area contributed by atoms with Gasteiger partial charge in [-0.3, -0.25) is 14.6 Å². The molecule has 6 heteroatoms. The zero-order valence-electron chi connectivity index (χ0n) is 19.2. The van der Waals surface area contributed by atoms with Gasteiger partial charge in [0, 0.05) is 32.0 Å². The first-order valence-electron chi connectivity index (χ1n) is 11.7. The Morgan fingerprint density at radius 3 is 2.69 bits per heavy atom. The molecule has 2 amide bonds. The summed E-state index contributed by atoms with van der Waals surface area (Å²) in [6.45, 7) is 4.06. The number of carbonyl (C=O) groups is 2. The molecule has 0 radical (unpaired) electrons. The number of para-hydroxylation sites is 1. The van der Waals surface area contributed by atoms with Gasteiger partial charge in [-0.25, -0.2) is 0 Å². The zero-order valence-corrected chi connectivity index (χ0v) is 19.2. The first kappa shape index (κ1) is 22.3. The monoisotopic (exact) mass is 435 g/mol. The van der Waals surface area contributed by atoms with E-state index in [1.165, 1.54) is 5.56 Å². The molecular formula is C26H33N3O3. The number of piperidine rings is 1. The molecule has 3 heterocycles. The van der Waals surface area contributed by atoms with Crippen LogP contribution in [0.4, 0.5) is 0 Å². The van der Waals surface area contributed by atoms with Crippen LogP contribution < -0.4 is 4.74 Å². The molecule has 4 rings (SSSR count). The number of hydrogen-bond donors (Lipinski definition) is 0. The third-order valence-electron chi connectivity index (χ3n) is 6.83. The van der Waals surface area contributed by atoms with Crippen molar-refractivity contribution in [1.82, 2.24) is 14.8 Å². The number of aromatic nitrogens is 1. The summed E-state index contributed by atoms with van der Waals surface area (Å²) in [7, 11) is 1.86. The van der Waals surface area contributed by atoms with E-state index in [0.717, 1.165) is 50.0 Å². The fourth-order valence-corrected chi connectivity index (χ4v) is 5.00. The van der Waals surface area contributed by atoms with E-state index < -0.39 is 5.41 Å². The van der Waals surface area contributed by atoms with Crippen LogP contribution in [0.15, 0.2) is 42.6 Å². The van der Waals surface area contributed by atoms with Gasteiger partial charge in [-0.2, -0.15) is 0 Å². The van der Waals surface area contributed by atoms with Gasteiger partial charge in [0.25, 0.3) is 5.91 Å². The van der Waals surface area contributed by atoms with Crippen LogP contribution in [-0.2, 0) is 11.2 Å². The first-order chi connectivity index (χ1) is 15.5. The van der Waals surface area contributed by atoms with E-state index in [1.54, 1.807) is 11.1 Å². The van der Waals surface area contributed by atoms with Crippen molar-refractivity contribution in [1.29, 1.82) is 0 Å². The predicted molar refractivity (Wildman–Crippen MR) is 124 cm³/mol. The quantitative estimate of drug-likeness (QED) is 0.682. The second-order valence-corrected chi connectivity index (χ2v) is 9.19. The number of hydrogen-bond acceptors (Lipinski definition) is 4. The van der Waals surface area contributed by atoms with Gasteiger partial charge in [-0.1, -0.05) is 24.6 Å². The summed E-state index contributed by atoms with van der Waals surface area (Å²) in [6.07, 6.45) is 6.98. The Balaban J connectivity index is 1.53. The number of fused-ring (bicyclic) bond motifs is 1. The van der Waals surface area contributed by atoms with Crippen molar-refractivity contribution in [2.45, 2.75) is 45.4 Å². The van der Waals surface area contributed by atoms with Crippen LogP contribution in [0.5, 0.6) is 5.75 Å². The van der Waals surface area contributed by atoms with Crippen LogP contribution >= 0.6 is 0 Å². The van der Waals surface area contributed by atoms with Crippen LogP contribution in [0.3, 0.4) is 0 Å². The topological polar surface area (TPSA) is 62.7 Å². The Bertz CT molecular complexity index is 959. The van der Waals surface area contributed by atoms with Gasteiger partial charge in [0.05, 0.1) is 17.5 Å². The summed E-state index contributed by atoms with van der Waals surface area (Å²) in [5.41, 5.74) is 2.17. The lowest BCUT2D eigenvalue weighted by Gasteiger charge is -2.43. The van der Waals surface area contributed by atoms with Crippen LogP contribution in [0, 0.1) is 12.3 Å². The van der Waals surface area contributed by atoms with Crippen LogP contribution in [0.25, 0.3) is 0 Å². The van der Waals surface area contributed by atoms with Crippen molar-refractivity contribution in [3.8, 4) is 5.75 Å². The zero-order chi connectivity index (χ0) is 22.6. The SMILES string of the molecule is Cc1ccc(C(=O)N2CCCC3(CCCCc4ccccc4OCCN(C)C3=O)C2)cn1. The maximum atomic E-state index is 13.7. The molecule has 0 N–H and O–H groups in total. The molecule has 1 spiro atoms. The van der Waals surface area contributed by atoms with Gasteiger partial charge in [-0.15, -0.1) is 0 Å². The number of amides is 2. The first-order valence-corrected chi connectivity index (χ1v) is 11.7. The van der Waals surface area contributed by atoms with Gasteiger partial charge in [0.1, 0.15) is 12.4 Å². The number of pyridine rings is 1. The van der Waals surface area contributed by atoms with Crippen LogP contribution in [0.1, 0.15) is 53.7 Å². The molecule has 1 aromatic carbocycles. The van der Waals surface area contributed by atoms with Crippen molar-refractivity contribution in [3.05, 3.63) is 59.4 Å². The summed E-state index contributed by atoms with van der Waals surface area (Å²) in [5.74, 6) is 1.02. The number of likely N-dealkylation sites (tertiary alicyclic amines) is 1. The second-order valence-electron chi connectivity index (χ2n) is 9.19. The Morgan fingerprint density at radius 2 is 1.88 bits per heavy atom. The third-order valence-corrected chi connectivity index (χ3v) is 6.83. The lowest BCUT2D eigenvalue weighted by Crippen LogP contribution is -2.54. The fraction of sp³-hybridized carbons (Fsp3) is 0.500. The highest BCUT2D eigenvalue weighted by molar-refractivity contribution is 5.94. The Hall–Kier alpha value is -2.89. The smallest absolute Gasteiger partial charge is 0.255 e. The molecule has 1 aromatic heterocycles. The summed E-state index contributed by atoms with van der Waals surface area (Å²) >= 11 is 0. The summed E-state index contributed by atoms with van der Waals surface area (Å²) in [6, 6.07) is 11.9. The molecule has 32 heavy (non-hydrogen) atoms. The summed E-state index contributed by atoms with van der Waals surface area (Å²) in [5, 5.41) is 0. The van der Waals surface area contributed by atoms with Crippen molar-refractivity contribution < 1.29 is 14.3 Å². The van der Waals surface area contributed by atoms with Crippen molar-refractivity contribution in [2.24, 2.45) is 5.41 Å². The van der Waals surface area contributed by atoms with E-state index in [4.69, 9.17) is 4.74 Å². The molecule has 0 aliphatic carbocycles. The van der Waals surface area contributed by atoms with E-state index in [0.29, 0.717) is 31.8 Å². The Kier molecular flexibility index (Phi) is 6.77. The number of nitrogens with zero attached hydrogens (tertiary/aromatic N) is 3. The molecule has 1 unspecified atom stereocenters. The molecule has 0 saturated carbocycles. The minimum absolute atomic E-state index is 0.0320. The van der Waals surface area contributed by atoms with Gasteiger partial charge in [0.2, 0.25) is 5.91 Å². The van der Waals surface area contributed by atoms with Gasteiger partial charge in [0.15, 0.2) is 0 Å². The molecule has 6 nitrogen and oxygen atoms in total. The maximum Gasteiger partial charge on any atom is 0.255 e. The van der Waals surface area contributed by atoms with Crippen molar-refractivity contribution in [2.75, 3.05) is 33.3 Å². The van der Waals surface area contributed by atoms with Crippen molar-refractivity contribution >= 4 is 11.8 Å². The lowest BCUT2D eigenvalue weighted by molar-refractivity contribution is -0.144. The number of rotatable bonds is 1. The highest BCUT2D eigenvalue weighted by Crippen LogP contribution is 2.38.